The van der Waals surface area contributed by atoms with Gasteiger partial charge in [0, 0.05) is 13.5 Å². The van der Waals surface area contributed by atoms with E-state index in [1.54, 1.807) is 15.0 Å². The highest BCUT2D eigenvalue weighted by Crippen LogP contribution is 2.21. The third-order valence-electron chi connectivity index (χ3n) is 4.12. The molecule has 0 atom stereocenters. The molecule has 2 amide bonds. The van der Waals surface area contributed by atoms with Crippen LogP contribution in [-0.4, -0.2) is 36.7 Å². The van der Waals surface area contributed by atoms with E-state index in [4.69, 9.17) is 0 Å². The fourth-order valence-corrected chi connectivity index (χ4v) is 3.48. The minimum absolute atomic E-state index is 0.0422. The molecule has 2 heterocycles. The molecule has 0 aliphatic carbocycles. The monoisotopic (exact) mass is 402 g/mol. The first-order valence-corrected chi connectivity index (χ1v) is 9.92. The quantitative estimate of drug-likeness (QED) is 0.476. The zero-order chi connectivity index (χ0) is 20.3. The maximum atomic E-state index is 13.0. The van der Waals surface area contributed by atoms with Crippen molar-refractivity contribution in [3.8, 4) is 0 Å². The van der Waals surface area contributed by atoms with Gasteiger partial charge in [-0.15, -0.1) is 10.2 Å². The number of nitrogens with one attached hydrogen (secondary N) is 2. The predicted octanol–water partition coefficient (Wildman–Crippen LogP) is 1.35. The number of benzene rings is 1. The molecule has 3 aromatic rings. The molecule has 10 heteroatoms. The van der Waals surface area contributed by atoms with Crippen molar-refractivity contribution in [3.05, 3.63) is 34.6 Å². The summed E-state index contributed by atoms with van der Waals surface area (Å²) in [5, 5.41) is 9.48. The van der Waals surface area contributed by atoms with Crippen LogP contribution in [0.15, 0.2) is 34.2 Å². The van der Waals surface area contributed by atoms with Crippen LogP contribution in [0.3, 0.4) is 0 Å². The summed E-state index contributed by atoms with van der Waals surface area (Å²) < 4.78 is 3.43. The Labute approximate surface area is 165 Å². The average molecular weight is 402 g/mol. The second kappa shape index (κ2) is 8.42. The van der Waals surface area contributed by atoms with Gasteiger partial charge in [0.1, 0.15) is 0 Å². The number of fused-ring (bicyclic) bond motifs is 3. The van der Waals surface area contributed by atoms with E-state index in [1.165, 1.54) is 18.7 Å². The average Bonchev–Trinajstić information content (AvgIpc) is 3.08. The van der Waals surface area contributed by atoms with Crippen molar-refractivity contribution < 1.29 is 9.59 Å². The topological polar surface area (TPSA) is 110 Å². The fourth-order valence-electron chi connectivity index (χ4n) is 2.74. The van der Waals surface area contributed by atoms with E-state index in [1.807, 2.05) is 18.2 Å². The van der Waals surface area contributed by atoms with Crippen LogP contribution in [0, 0.1) is 5.92 Å². The Morgan fingerprint density at radius 3 is 2.64 bits per heavy atom. The van der Waals surface area contributed by atoms with Crippen LogP contribution in [0.4, 0.5) is 0 Å². The molecule has 1 aromatic carbocycles. The van der Waals surface area contributed by atoms with Crippen molar-refractivity contribution in [2.24, 2.45) is 5.92 Å². The van der Waals surface area contributed by atoms with Crippen LogP contribution < -0.4 is 16.4 Å². The second-order valence-corrected chi connectivity index (χ2v) is 7.73. The van der Waals surface area contributed by atoms with Crippen LogP contribution in [0.25, 0.3) is 16.7 Å². The third kappa shape index (κ3) is 4.16. The molecule has 0 saturated heterocycles. The number of nitrogens with zero attached hydrogens (tertiary/aromatic N) is 4. The molecule has 0 aliphatic heterocycles. The largest absolute Gasteiger partial charge is 0.276 e. The van der Waals surface area contributed by atoms with Gasteiger partial charge in [0.05, 0.1) is 16.7 Å². The summed E-state index contributed by atoms with van der Waals surface area (Å²) in [6.07, 6.45) is 0.836. The Bertz CT molecular complexity index is 1090. The normalized spacial score (nSPS) is 11.3. The number of hydrogen-bond donors (Lipinski definition) is 2. The molecule has 3 rings (SSSR count). The number of thioether (sulfide) groups is 1. The van der Waals surface area contributed by atoms with Crippen molar-refractivity contribution in [2.45, 2.75) is 38.9 Å². The number of hydrogen-bond acceptors (Lipinski definition) is 6. The lowest BCUT2D eigenvalue weighted by atomic mass is 10.1. The van der Waals surface area contributed by atoms with Gasteiger partial charge in [-0.3, -0.25) is 34.2 Å². The number of rotatable bonds is 6. The van der Waals surface area contributed by atoms with Crippen LogP contribution in [-0.2, 0) is 16.1 Å². The zero-order valence-corrected chi connectivity index (χ0v) is 16.7. The van der Waals surface area contributed by atoms with Crippen molar-refractivity contribution in [1.29, 1.82) is 0 Å². The highest BCUT2D eigenvalue weighted by molar-refractivity contribution is 7.99. The number of para-hydroxylation sites is 1. The van der Waals surface area contributed by atoms with Gasteiger partial charge < -0.3 is 0 Å². The molecule has 2 N–H and O–H groups in total. The van der Waals surface area contributed by atoms with Crippen LogP contribution in [0.2, 0.25) is 0 Å². The standard InChI is InChI=1S/C18H22N6O3S/c1-11(2)8-9-23-16(27)13-6-4-5-7-14(13)24-17(23)21-22-18(24)28-10-15(26)20-19-12(3)25/h4-7,11H,8-10H2,1-3H3,(H,19,25)(H,20,26). The van der Waals surface area contributed by atoms with Gasteiger partial charge in [0.15, 0.2) is 5.16 Å². The molecule has 9 nitrogen and oxygen atoms in total. The first kappa shape index (κ1) is 19.9. The molecule has 0 unspecified atom stereocenters. The van der Waals surface area contributed by atoms with Crippen LogP contribution in [0.5, 0.6) is 0 Å². The fraction of sp³-hybridized carbons (Fsp3) is 0.389. The number of amides is 2. The third-order valence-corrected chi connectivity index (χ3v) is 5.05. The summed E-state index contributed by atoms with van der Waals surface area (Å²) in [4.78, 5) is 35.7. The lowest BCUT2D eigenvalue weighted by Gasteiger charge is -2.12. The second-order valence-electron chi connectivity index (χ2n) is 6.79. The van der Waals surface area contributed by atoms with E-state index in [9.17, 15) is 14.4 Å². The first-order valence-electron chi connectivity index (χ1n) is 8.93. The SMILES string of the molecule is CC(=O)NNC(=O)CSc1nnc2n(CCC(C)C)c(=O)c3ccccc3n12. The molecular formula is C18H22N6O3S. The molecule has 0 bridgehead atoms. The van der Waals surface area contributed by atoms with E-state index in [-0.39, 0.29) is 23.1 Å². The summed E-state index contributed by atoms with van der Waals surface area (Å²) >= 11 is 1.18. The Hall–Kier alpha value is -2.88. The van der Waals surface area contributed by atoms with E-state index in [0.29, 0.717) is 34.3 Å². The van der Waals surface area contributed by atoms with Gasteiger partial charge in [0.25, 0.3) is 5.56 Å². The lowest BCUT2D eigenvalue weighted by Crippen LogP contribution is -2.41. The van der Waals surface area contributed by atoms with Crippen LogP contribution in [0.1, 0.15) is 27.2 Å². The highest BCUT2D eigenvalue weighted by atomic mass is 32.2. The van der Waals surface area contributed by atoms with Gasteiger partial charge in [-0.05, 0) is 24.5 Å². The molecule has 0 aliphatic rings. The number of aromatic nitrogens is 4. The molecule has 0 saturated carbocycles. The van der Waals surface area contributed by atoms with Crippen molar-refractivity contribution >= 4 is 40.3 Å². The Kier molecular flexibility index (Phi) is 5.98. The zero-order valence-electron chi connectivity index (χ0n) is 15.9. The Morgan fingerprint density at radius 1 is 1.18 bits per heavy atom. The van der Waals surface area contributed by atoms with E-state index < -0.39 is 0 Å². The number of aryl methyl sites for hydroxylation is 1. The minimum atomic E-state index is -0.366. The van der Waals surface area contributed by atoms with Gasteiger partial charge in [-0.25, -0.2) is 0 Å². The van der Waals surface area contributed by atoms with Gasteiger partial charge in [-0.2, -0.15) is 0 Å². The molecule has 0 spiro atoms. The molecule has 148 valence electrons. The maximum Gasteiger partial charge on any atom is 0.262 e. The van der Waals surface area contributed by atoms with Gasteiger partial charge in [-0.1, -0.05) is 37.7 Å². The number of carbonyl (C=O) groups excluding carboxylic acids is 2. The molecule has 0 radical (unpaired) electrons. The number of carbonyl (C=O) groups is 2. The van der Waals surface area contributed by atoms with E-state index in [0.717, 1.165) is 6.42 Å². The number of hydrazine groups is 1. The van der Waals surface area contributed by atoms with Crippen molar-refractivity contribution in [2.75, 3.05) is 5.75 Å². The molecule has 28 heavy (non-hydrogen) atoms. The summed E-state index contributed by atoms with van der Waals surface area (Å²) in [6, 6.07) is 7.28. The van der Waals surface area contributed by atoms with Crippen molar-refractivity contribution in [1.82, 2.24) is 30.0 Å². The predicted molar refractivity (Wildman–Crippen MR) is 107 cm³/mol. The smallest absolute Gasteiger partial charge is 0.262 e. The molecular weight excluding hydrogens is 380 g/mol. The summed E-state index contributed by atoms with van der Waals surface area (Å²) in [6.45, 7) is 6.04. The Balaban J connectivity index is 2.00. The van der Waals surface area contributed by atoms with Crippen molar-refractivity contribution in [3.63, 3.8) is 0 Å². The maximum absolute atomic E-state index is 13.0. The first-order chi connectivity index (χ1) is 13.4. The lowest BCUT2D eigenvalue weighted by molar-refractivity contribution is -0.126. The minimum Gasteiger partial charge on any atom is -0.276 e. The summed E-state index contributed by atoms with van der Waals surface area (Å²) in [7, 11) is 0. The van der Waals surface area contributed by atoms with Gasteiger partial charge >= 0.3 is 0 Å². The molecule has 0 fully saturated rings. The van der Waals surface area contributed by atoms with Crippen LogP contribution >= 0.6 is 11.8 Å². The summed E-state index contributed by atoms with van der Waals surface area (Å²) in [5.41, 5.74) is 5.15. The Morgan fingerprint density at radius 2 is 1.93 bits per heavy atom. The highest BCUT2D eigenvalue weighted by Gasteiger charge is 2.17. The van der Waals surface area contributed by atoms with Gasteiger partial charge in [0.2, 0.25) is 17.6 Å². The molecule has 2 aromatic heterocycles. The summed E-state index contributed by atoms with van der Waals surface area (Å²) in [5.74, 6) is 0.211. The van der Waals surface area contributed by atoms with E-state index >= 15 is 0 Å². The van der Waals surface area contributed by atoms with E-state index in [2.05, 4.69) is 34.9 Å².